The number of halogens is 2. The minimum Gasteiger partial charge on any atom is -0.316 e. The lowest BCUT2D eigenvalue weighted by molar-refractivity contribution is 0.229. The van der Waals surface area contributed by atoms with Crippen LogP contribution in [0.2, 0.25) is 0 Å². The SMILES string of the molecule is CCCNCC(Cc1ccc(Br)cc1F)C(C)(C)C. The van der Waals surface area contributed by atoms with Gasteiger partial charge in [-0.1, -0.05) is 49.7 Å². The summed E-state index contributed by atoms with van der Waals surface area (Å²) in [7, 11) is 0. The van der Waals surface area contributed by atoms with Gasteiger partial charge in [0.05, 0.1) is 0 Å². The fraction of sp³-hybridized carbons (Fsp3) is 0.625. The zero-order chi connectivity index (χ0) is 14.5. The Hall–Kier alpha value is -0.410. The molecule has 0 aromatic heterocycles. The first-order valence-corrected chi connectivity index (χ1v) is 7.78. The number of rotatable bonds is 6. The van der Waals surface area contributed by atoms with E-state index < -0.39 is 0 Å². The second-order valence-corrected chi connectivity index (χ2v) is 7.12. The lowest BCUT2D eigenvalue weighted by Gasteiger charge is -2.31. The van der Waals surface area contributed by atoms with Gasteiger partial charge in [0.25, 0.3) is 0 Å². The van der Waals surface area contributed by atoms with Gasteiger partial charge in [-0.25, -0.2) is 4.39 Å². The first-order chi connectivity index (χ1) is 8.84. The molecule has 0 bridgehead atoms. The maximum atomic E-state index is 13.9. The van der Waals surface area contributed by atoms with Crippen molar-refractivity contribution in [3.8, 4) is 0 Å². The Kier molecular flexibility index (Phi) is 6.48. The second kappa shape index (κ2) is 7.39. The Morgan fingerprint density at radius 1 is 1.32 bits per heavy atom. The molecule has 1 aromatic carbocycles. The molecule has 0 saturated carbocycles. The van der Waals surface area contributed by atoms with Crippen molar-refractivity contribution in [1.29, 1.82) is 0 Å². The van der Waals surface area contributed by atoms with Gasteiger partial charge in [-0.15, -0.1) is 0 Å². The molecule has 0 aliphatic rings. The first-order valence-electron chi connectivity index (χ1n) is 6.99. The lowest BCUT2D eigenvalue weighted by atomic mass is 9.77. The van der Waals surface area contributed by atoms with Gasteiger partial charge in [0.15, 0.2) is 0 Å². The molecule has 0 heterocycles. The van der Waals surface area contributed by atoms with Gasteiger partial charge in [0.2, 0.25) is 0 Å². The molecule has 1 N–H and O–H groups in total. The monoisotopic (exact) mass is 329 g/mol. The number of hydrogen-bond donors (Lipinski definition) is 1. The topological polar surface area (TPSA) is 12.0 Å². The molecule has 0 radical (unpaired) electrons. The van der Waals surface area contributed by atoms with Crippen LogP contribution in [0.15, 0.2) is 22.7 Å². The van der Waals surface area contributed by atoms with Gasteiger partial charge >= 0.3 is 0 Å². The van der Waals surface area contributed by atoms with Crippen LogP contribution in [0.1, 0.15) is 39.7 Å². The molecular formula is C16H25BrFN. The van der Waals surface area contributed by atoms with Crippen LogP contribution in [0.3, 0.4) is 0 Å². The third-order valence-corrected chi connectivity index (χ3v) is 4.02. The number of benzene rings is 1. The summed E-state index contributed by atoms with van der Waals surface area (Å²) in [6.45, 7) is 10.8. The molecule has 3 heteroatoms. The smallest absolute Gasteiger partial charge is 0.127 e. The fourth-order valence-electron chi connectivity index (χ4n) is 2.09. The van der Waals surface area contributed by atoms with Crippen LogP contribution in [-0.2, 0) is 6.42 Å². The van der Waals surface area contributed by atoms with E-state index in [0.717, 1.165) is 36.0 Å². The minimum absolute atomic E-state index is 0.112. The van der Waals surface area contributed by atoms with Crippen LogP contribution in [0.25, 0.3) is 0 Å². The molecule has 0 fully saturated rings. The predicted molar refractivity (Wildman–Crippen MR) is 83.9 cm³/mol. The van der Waals surface area contributed by atoms with E-state index in [2.05, 4.69) is 48.9 Å². The number of hydrogen-bond acceptors (Lipinski definition) is 1. The van der Waals surface area contributed by atoms with Gasteiger partial charge in [-0.05, 0) is 55.0 Å². The quantitative estimate of drug-likeness (QED) is 0.739. The molecular weight excluding hydrogens is 305 g/mol. The highest BCUT2D eigenvalue weighted by molar-refractivity contribution is 9.10. The Morgan fingerprint density at radius 2 is 2.00 bits per heavy atom. The Labute approximate surface area is 125 Å². The first kappa shape index (κ1) is 16.6. The molecule has 1 atom stereocenters. The number of nitrogens with one attached hydrogen (secondary N) is 1. The van der Waals surface area contributed by atoms with Crippen LogP contribution in [-0.4, -0.2) is 13.1 Å². The summed E-state index contributed by atoms with van der Waals surface area (Å²) in [5.74, 6) is 0.314. The van der Waals surface area contributed by atoms with E-state index in [1.165, 1.54) is 0 Å². The predicted octanol–water partition coefficient (Wildman–Crippen LogP) is 4.79. The molecule has 0 aliphatic carbocycles. The van der Waals surface area contributed by atoms with E-state index in [-0.39, 0.29) is 11.2 Å². The summed E-state index contributed by atoms with van der Waals surface area (Å²) in [5.41, 5.74) is 0.974. The van der Waals surface area contributed by atoms with Crippen LogP contribution in [0.4, 0.5) is 4.39 Å². The molecule has 1 rings (SSSR count). The van der Waals surface area contributed by atoms with Gasteiger partial charge in [0.1, 0.15) is 5.82 Å². The normalized spacial score (nSPS) is 13.6. The van der Waals surface area contributed by atoms with Crippen LogP contribution < -0.4 is 5.32 Å². The second-order valence-electron chi connectivity index (χ2n) is 6.21. The zero-order valence-corrected chi connectivity index (χ0v) is 14.0. The average molecular weight is 330 g/mol. The van der Waals surface area contributed by atoms with Crippen LogP contribution in [0.5, 0.6) is 0 Å². The van der Waals surface area contributed by atoms with Crippen molar-refractivity contribution in [2.75, 3.05) is 13.1 Å². The molecule has 0 spiro atoms. The molecule has 1 aromatic rings. The molecule has 0 saturated heterocycles. The molecule has 1 unspecified atom stereocenters. The van der Waals surface area contributed by atoms with Crippen molar-refractivity contribution in [2.45, 2.75) is 40.5 Å². The standard InChI is InChI=1S/C16H25BrFN/c1-5-8-19-11-13(16(2,3)4)9-12-6-7-14(17)10-15(12)18/h6-7,10,13,19H,5,8-9,11H2,1-4H3. The van der Waals surface area contributed by atoms with E-state index in [1.54, 1.807) is 6.07 Å². The van der Waals surface area contributed by atoms with Crippen molar-refractivity contribution < 1.29 is 4.39 Å². The highest BCUT2D eigenvalue weighted by atomic mass is 79.9. The van der Waals surface area contributed by atoms with E-state index in [4.69, 9.17) is 0 Å². The lowest BCUT2D eigenvalue weighted by Crippen LogP contribution is -2.34. The molecule has 19 heavy (non-hydrogen) atoms. The van der Waals surface area contributed by atoms with E-state index in [0.29, 0.717) is 5.92 Å². The summed E-state index contributed by atoms with van der Waals surface area (Å²) in [6, 6.07) is 5.35. The maximum absolute atomic E-state index is 13.9. The zero-order valence-electron chi connectivity index (χ0n) is 12.4. The van der Waals surface area contributed by atoms with Crippen molar-refractivity contribution in [3.05, 3.63) is 34.1 Å². The summed E-state index contributed by atoms with van der Waals surface area (Å²) in [5, 5.41) is 3.46. The van der Waals surface area contributed by atoms with Crippen LogP contribution in [0, 0.1) is 17.2 Å². The molecule has 108 valence electrons. The highest BCUT2D eigenvalue weighted by Crippen LogP contribution is 2.30. The van der Waals surface area contributed by atoms with E-state index in [1.807, 2.05) is 12.1 Å². The van der Waals surface area contributed by atoms with Crippen molar-refractivity contribution >= 4 is 15.9 Å². The highest BCUT2D eigenvalue weighted by Gasteiger charge is 2.25. The van der Waals surface area contributed by atoms with Gasteiger partial charge in [-0.2, -0.15) is 0 Å². The summed E-state index contributed by atoms with van der Waals surface area (Å²) < 4.78 is 14.7. The van der Waals surface area contributed by atoms with Gasteiger partial charge < -0.3 is 5.32 Å². The fourth-order valence-corrected chi connectivity index (χ4v) is 2.42. The van der Waals surface area contributed by atoms with Crippen molar-refractivity contribution in [2.24, 2.45) is 11.3 Å². The summed E-state index contributed by atoms with van der Waals surface area (Å²) in [6.07, 6.45) is 1.91. The maximum Gasteiger partial charge on any atom is 0.127 e. The molecule has 0 amide bonds. The third kappa shape index (κ3) is 5.62. The largest absolute Gasteiger partial charge is 0.316 e. The summed E-state index contributed by atoms with van der Waals surface area (Å²) >= 11 is 3.30. The Morgan fingerprint density at radius 3 is 2.53 bits per heavy atom. The summed E-state index contributed by atoms with van der Waals surface area (Å²) in [4.78, 5) is 0. The van der Waals surface area contributed by atoms with E-state index in [9.17, 15) is 4.39 Å². The van der Waals surface area contributed by atoms with Crippen molar-refractivity contribution in [3.63, 3.8) is 0 Å². The van der Waals surface area contributed by atoms with Crippen LogP contribution >= 0.6 is 15.9 Å². The van der Waals surface area contributed by atoms with E-state index >= 15 is 0 Å². The molecule has 1 nitrogen and oxygen atoms in total. The Bertz CT molecular complexity index is 398. The third-order valence-electron chi connectivity index (χ3n) is 3.52. The van der Waals surface area contributed by atoms with Gasteiger partial charge in [-0.3, -0.25) is 0 Å². The Balaban J connectivity index is 2.76. The molecule has 0 aliphatic heterocycles. The van der Waals surface area contributed by atoms with Crippen molar-refractivity contribution in [1.82, 2.24) is 5.32 Å². The average Bonchev–Trinajstić information content (AvgIpc) is 2.29. The minimum atomic E-state index is -0.112. The van der Waals surface area contributed by atoms with Gasteiger partial charge in [0, 0.05) is 4.47 Å².